The SMILES string of the molecule is C[C@H](Nc1nc(Nc2cnccn2)cc(-c2ccc3c(c2)OCO3)n1)c1ccc(F)cc1. The molecule has 32 heavy (non-hydrogen) atoms. The molecule has 9 heteroatoms. The predicted molar refractivity (Wildman–Crippen MR) is 117 cm³/mol. The number of halogens is 1. The van der Waals surface area contributed by atoms with Gasteiger partial charge in [-0.25, -0.2) is 14.4 Å². The van der Waals surface area contributed by atoms with E-state index in [-0.39, 0.29) is 18.7 Å². The van der Waals surface area contributed by atoms with E-state index >= 15 is 0 Å². The Kier molecular flexibility index (Phi) is 5.20. The number of hydrogen-bond donors (Lipinski definition) is 2. The highest BCUT2D eigenvalue weighted by atomic mass is 19.1. The molecule has 0 fully saturated rings. The molecule has 5 rings (SSSR count). The van der Waals surface area contributed by atoms with E-state index in [1.165, 1.54) is 12.1 Å². The van der Waals surface area contributed by atoms with Crippen molar-refractivity contribution < 1.29 is 13.9 Å². The molecule has 160 valence electrons. The highest BCUT2D eigenvalue weighted by molar-refractivity contribution is 5.69. The van der Waals surface area contributed by atoms with Crippen LogP contribution in [0, 0.1) is 5.82 Å². The molecule has 1 aliphatic rings. The van der Waals surface area contributed by atoms with E-state index in [1.54, 1.807) is 30.7 Å². The summed E-state index contributed by atoms with van der Waals surface area (Å²) in [5.41, 5.74) is 2.43. The summed E-state index contributed by atoms with van der Waals surface area (Å²) >= 11 is 0. The van der Waals surface area contributed by atoms with Gasteiger partial charge in [0.1, 0.15) is 17.5 Å². The Morgan fingerprint density at radius 1 is 0.938 bits per heavy atom. The second kappa shape index (κ2) is 8.46. The molecule has 2 aromatic carbocycles. The summed E-state index contributed by atoms with van der Waals surface area (Å²) in [6.07, 6.45) is 4.80. The smallest absolute Gasteiger partial charge is 0.231 e. The minimum Gasteiger partial charge on any atom is -0.454 e. The van der Waals surface area contributed by atoms with Crippen LogP contribution in [0.1, 0.15) is 18.5 Å². The molecule has 0 bridgehead atoms. The van der Waals surface area contributed by atoms with Crippen LogP contribution in [-0.2, 0) is 0 Å². The zero-order valence-electron chi connectivity index (χ0n) is 17.1. The van der Waals surface area contributed by atoms with Crippen molar-refractivity contribution in [2.75, 3.05) is 17.4 Å². The van der Waals surface area contributed by atoms with E-state index in [9.17, 15) is 4.39 Å². The Morgan fingerprint density at radius 2 is 1.78 bits per heavy atom. The van der Waals surface area contributed by atoms with E-state index in [0.29, 0.717) is 34.8 Å². The van der Waals surface area contributed by atoms with Crippen LogP contribution < -0.4 is 20.1 Å². The molecule has 1 atom stereocenters. The van der Waals surface area contributed by atoms with Gasteiger partial charge >= 0.3 is 0 Å². The average molecular weight is 430 g/mol. The fourth-order valence-corrected chi connectivity index (χ4v) is 3.30. The number of nitrogens with zero attached hydrogens (tertiary/aromatic N) is 4. The summed E-state index contributed by atoms with van der Waals surface area (Å²) in [7, 11) is 0. The van der Waals surface area contributed by atoms with Crippen molar-refractivity contribution in [1.29, 1.82) is 0 Å². The number of hydrogen-bond acceptors (Lipinski definition) is 8. The third-order valence-electron chi connectivity index (χ3n) is 4.93. The molecule has 0 amide bonds. The van der Waals surface area contributed by atoms with Crippen LogP contribution in [0.2, 0.25) is 0 Å². The summed E-state index contributed by atoms with van der Waals surface area (Å²) in [4.78, 5) is 17.6. The Balaban J connectivity index is 1.49. The van der Waals surface area contributed by atoms with Gasteiger partial charge in [-0.3, -0.25) is 4.98 Å². The molecular weight excluding hydrogens is 411 g/mol. The molecule has 0 aliphatic carbocycles. The molecule has 0 saturated heterocycles. The normalized spacial score (nSPS) is 12.9. The Labute approximate surface area is 183 Å². The Hall–Kier alpha value is -4.27. The van der Waals surface area contributed by atoms with Crippen LogP contribution in [0.3, 0.4) is 0 Å². The number of ether oxygens (including phenoxy) is 2. The van der Waals surface area contributed by atoms with Gasteiger partial charge in [0, 0.05) is 24.0 Å². The largest absolute Gasteiger partial charge is 0.454 e. The monoisotopic (exact) mass is 430 g/mol. The van der Waals surface area contributed by atoms with Gasteiger partial charge in [-0.1, -0.05) is 12.1 Å². The lowest BCUT2D eigenvalue weighted by atomic mass is 10.1. The molecule has 8 nitrogen and oxygen atoms in total. The lowest BCUT2D eigenvalue weighted by Gasteiger charge is -2.16. The summed E-state index contributed by atoms with van der Waals surface area (Å²) in [5, 5.41) is 6.45. The topological polar surface area (TPSA) is 94.1 Å². The molecule has 0 unspecified atom stereocenters. The van der Waals surface area contributed by atoms with Crippen molar-refractivity contribution in [3.05, 3.63) is 78.5 Å². The number of nitrogens with one attached hydrogen (secondary N) is 2. The molecule has 1 aliphatic heterocycles. The van der Waals surface area contributed by atoms with Crippen LogP contribution in [-0.4, -0.2) is 26.7 Å². The highest BCUT2D eigenvalue weighted by Crippen LogP contribution is 2.36. The minimum atomic E-state index is -0.280. The van der Waals surface area contributed by atoms with E-state index < -0.39 is 0 Å². The van der Waals surface area contributed by atoms with Gasteiger partial charge in [0.2, 0.25) is 12.7 Å². The van der Waals surface area contributed by atoms with E-state index in [1.807, 2.05) is 31.2 Å². The summed E-state index contributed by atoms with van der Waals surface area (Å²) in [5.74, 6) is 2.59. The maximum atomic E-state index is 13.3. The van der Waals surface area contributed by atoms with Gasteiger partial charge in [-0.2, -0.15) is 4.98 Å². The lowest BCUT2D eigenvalue weighted by Crippen LogP contribution is -2.11. The number of anilines is 3. The summed E-state index contributed by atoms with van der Waals surface area (Å²) in [6.45, 7) is 2.16. The first-order valence-corrected chi connectivity index (χ1v) is 9.98. The third kappa shape index (κ3) is 4.27. The van der Waals surface area contributed by atoms with Crippen LogP contribution in [0.5, 0.6) is 11.5 Å². The van der Waals surface area contributed by atoms with Gasteiger partial charge in [0.25, 0.3) is 0 Å². The molecule has 0 spiro atoms. The first-order valence-electron chi connectivity index (χ1n) is 9.98. The van der Waals surface area contributed by atoms with Crippen molar-refractivity contribution in [1.82, 2.24) is 19.9 Å². The molecular formula is C23H19FN6O2. The van der Waals surface area contributed by atoms with Gasteiger partial charge in [0.05, 0.1) is 17.9 Å². The molecule has 4 aromatic rings. The fourth-order valence-electron chi connectivity index (χ4n) is 3.30. The third-order valence-corrected chi connectivity index (χ3v) is 4.93. The molecule has 2 aromatic heterocycles. The zero-order chi connectivity index (χ0) is 21.9. The predicted octanol–water partition coefficient (Wildman–Crippen LogP) is 4.72. The van der Waals surface area contributed by atoms with Gasteiger partial charge in [-0.15, -0.1) is 0 Å². The summed E-state index contributed by atoms with van der Waals surface area (Å²) < 4.78 is 24.2. The molecule has 3 heterocycles. The van der Waals surface area contributed by atoms with Crippen molar-refractivity contribution in [3.8, 4) is 22.8 Å². The van der Waals surface area contributed by atoms with Crippen LogP contribution >= 0.6 is 0 Å². The Morgan fingerprint density at radius 3 is 2.59 bits per heavy atom. The quantitative estimate of drug-likeness (QED) is 0.454. The number of fused-ring (bicyclic) bond motifs is 1. The average Bonchev–Trinajstić information content (AvgIpc) is 3.28. The lowest BCUT2D eigenvalue weighted by molar-refractivity contribution is 0.174. The van der Waals surface area contributed by atoms with E-state index in [0.717, 1.165) is 11.1 Å². The van der Waals surface area contributed by atoms with Crippen molar-refractivity contribution >= 4 is 17.6 Å². The maximum absolute atomic E-state index is 13.3. The van der Waals surface area contributed by atoms with Crippen LogP contribution in [0.15, 0.2) is 67.1 Å². The van der Waals surface area contributed by atoms with Crippen molar-refractivity contribution in [2.45, 2.75) is 13.0 Å². The van der Waals surface area contributed by atoms with Gasteiger partial charge in [0.15, 0.2) is 11.5 Å². The first kappa shape index (κ1) is 19.7. The molecule has 2 N–H and O–H groups in total. The van der Waals surface area contributed by atoms with E-state index in [2.05, 4.69) is 30.6 Å². The Bertz CT molecular complexity index is 1240. The van der Waals surface area contributed by atoms with Crippen molar-refractivity contribution in [3.63, 3.8) is 0 Å². The second-order valence-electron chi connectivity index (χ2n) is 7.16. The van der Waals surface area contributed by atoms with Crippen LogP contribution in [0.25, 0.3) is 11.3 Å². The highest BCUT2D eigenvalue weighted by Gasteiger charge is 2.16. The minimum absolute atomic E-state index is 0.146. The number of rotatable bonds is 6. The van der Waals surface area contributed by atoms with Crippen molar-refractivity contribution in [2.24, 2.45) is 0 Å². The second-order valence-corrected chi connectivity index (χ2v) is 7.16. The maximum Gasteiger partial charge on any atom is 0.231 e. The standard InChI is InChI=1S/C23H19FN6O2/c1-14(15-2-5-17(24)6-3-15)27-23-28-18(16-4-7-19-20(10-16)32-13-31-19)11-21(30-23)29-22-12-25-8-9-26-22/h2-12,14H,13H2,1H3,(H2,26,27,28,29,30)/t14-/m0/s1. The first-order chi connectivity index (χ1) is 15.6. The zero-order valence-corrected chi connectivity index (χ0v) is 17.1. The van der Waals surface area contributed by atoms with E-state index in [4.69, 9.17) is 9.47 Å². The van der Waals surface area contributed by atoms with Gasteiger partial charge < -0.3 is 20.1 Å². The number of aromatic nitrogens is 4. The molecule has 0 radical (unpaired) electrons. The van der Waals surface area contributed by atoms with Crippen LogP contribution in [0.4, 0.5) is 22.0 Å². The molecule has 0 saturated carbocycles. The number of benzene rings is 2. The summed E-state index contributed by atoms with van der Waals surface area (Å²) in [6, 6.07) is 13.6. The van der Waals surface area contributed by atoms with Gasteiger partial charge in [-0.05, 0) is 42.8 Å². The fraction of sp³-hybridized carbons (Fsp3) is 0.130.